The molecule has 0 amide bonds. The number of aryl methyl sites for hydroxylation is 2. The molecule has 2 aromatic carbocycles. The van der Waals surface area contributed by atoms with Crippen LogP contribution in [0, 0.1) is 13.8 Å². The van der Waals surface area contributed by atoms with Gasteiger partial charge in [0.25, 0.3) is 0 Å². The maximum Gasteiger partial charge on any atom is 0.143 e. The van der Waals surface area contributed by atoms with Gasteiger partial charge >= 0.3 is 0 Å². The second-order valence-corrected chi connectivity index (χ2v) is 5.50. The first-order valence-electron chi connectivity index (χ1n) is 7.54. The van der Waals surface area contributed by atoms with Crippen molar-refractivity contribution in [1.29, 1.82) is 0 Å². The molecular weight excluding hydrogens is 286 g/mol. The summed E-state index contributed by atoms with van der Waals surface area (Å²) < 4.78 is 5.38. The summed E-state index contributed by atoms with van der Waals surface area (Å²) in [6.45, 7) is 5.91. The summed E-state index contributed by atoms with van der Waals surface area (Å²) in [4.78, 5) is 0. The maximum absolute atomic E-state index is 5.38. The Morgan fingerprint density at radius 3 is 2.39 bits per heavy atom. The summed E-state index contributed by atoms with van der Waals surface area (Å²) in [6.07, 6.45) is 0. The zero-order valence-electron chi connectivity index (χ0n) is 13.5. The number of nitrogens with one attached hydrogen (secondary N) is 1. The first-order valence-corrected chi connectivity index (χ1v) is 7.54. The van der Waals surface area contributed by atoms with E-state index in [0.717, 1.165) is 34.0 Å². The van der Waals surface area contributed by atoms with Crippen LogP contribution in [0.2, 0.25) is 0 Å². The fraction of sp³-hybridized carbons (Fsp3) is 0.158. The molecule has 0 aliphatic rings. The smallest absolute Gasteiger partial charge is 0.143 e. The quantitative estimate of drug-likeness (QED) is 0.556. The van der Waals surface area contributed by atoms with Crippen LogP contribution in [-0.2, 0) is 0 Å². The zero-order chi connectivity index (χ0) is 16.2. The molecule has 3 aromatic rings. The summed E-state index contributed by atoms with van der Waals surface area (Å²) in [5.74, 6) is 0.760. The third-order valence-electron chi connectivity index (χ3n) is 3.68. The van der Waals surface area contributed by atoms with E-state index < -0.39 is 0 Å². The Labute approximate surface area is 135 Å². The van der Waals surface area contributed by atoms with Crippen molar-refractivity contribution in [3.8, 4) is 11.3 Å². The van der Waals surface area contributed by atoms with Gasteiger partial charge in [-0.1, -0.05) is 53.2 Å². The molecule has 0 saturated heterocycles. The molecule has 0 bridgehead atoms. The summed E-state index contributed by atoms with van der Waals surface area (Å²) in [7, 11) is 0. The average molecular weight is 305 g/mol. The van der Waals surface area contributed by atoms with Crippen molar-refractivity contribution in [1.82, 2.24) is 5.16 Å². The lowest BCUT2D eigenvalue weighted by Crippen LogP contribution is -2.02. The molecule has 1 aromatic heterocycles. The minimum absolute atomic E-state index is 0.760. The minimum atomic E-state index is 0.760. The van der Waals surface area contributed by atoms with E-state index in [1.54, 1.807) is 0 Å². The van der Waals surface area contributed by atoms with Gasteiger partial charge in [-0.3, -0.25) is 5.43 Å². The van der Waals surface area contributed by atoms with Gasteiger partial charge in [-0.15, -0.1) is 0 Å². The lowest BCUT2D eigenvalue weighted by Gasteiger charge is -2.05. The lowest BCUT2D eigenvalue weighted by molar-refractivity contribution is 0.399. The summed E-state index contributed by atoms with van der Waals surface area (Å²) in [5, 5.41) is 8.67. The number of rotatable bonds is 4. The molecule has 0 radical (unpaired) electrons. The Hall–Kier alpha value is -2.88. The summed E-state index contributed by atoms with van der Waals surface area (Å²) >= 11 is 0. The van der Waals surface area contributed by atoms with Crippen molar-refractivity contribution in [2.24, 2.45) is 5.10 Å². The Bertz CT molecular complexity index is 818. The summed E-state index contributed by atoms with van der Waals surface area (Å²) in [5.41, 5.74) is 8.85. The number of aromatic nitrogens is 1. The van der Waals surface area contributed by atoms with E-state index >= 15 is 0 Å². The molecule has 1 heterocycles. The van der Waals surface area contributed by atoms with Crippen molar-refractivity contribution in [3.63, 3.8) is 0 Å². The predicted octanol–water partition coefficient (Wildman–Crippen LogP) is 4.79. The Morgan fingerprint density at radius 1 is 1.00 bits per heavy atom. The molecule has 1 N–H and O–H groups in total. The van der Waals surface area contributed by atoms with Crippen LogP contribution in [0.4, 0.5) is 5.69 Å². The zero-order valence-corrected chi connectivity index (χ0v) is 13.5. The SMILES string of the molecule is CC(=NNc1ccc(C)cc1)c1c(-c2ccccc2)noc1C. The highest BCUT2D eigenvalue weighted by Gasteiger charge is 2.17. The van der Waals surface area contributed by atoms with Crippen molar-refractivity contribution >= 4 is 11.4 Å². The Kier molecular flexibility index (Phi) is 4.24. The van der Waals surface area contributed by atoms with Crippen molar-refractivity contribution in [3.05, 3.63) is 71.5 Å². The molecular formula is C19H19N3O. The largest absolute Gasteiger partial charge is 0.360 e. The van der Waals surface area contributed by atoms with Gasteiger partial charge in [0, 0.05) is 5.56 Å². The normalized spacial score (nSPS) is 11.5. The standard InChI is InChI=1S/C19H19N3O/c1-13-9-11-17(12-10-13)21-20-14(2)18-15(3)23-22-19(18)16-7-5-4-6-8-16/h4-12,21H,1-3H3. The molecule has 23 heavy (non-hydrogen) atoms. The van der Waals surface area contributed by atoms with Crippen molar-refractivity contribution < 1.29 is 4.52 Å². The van der Waals surface area contributed by atoms with Gasteiger partial charge in [-0.2, -0.15) is 5.10 Å². The number of nitrogens with zero attached hydrogens (tertiary/aromatic N) is 2. The van der Waals surface area contributed by atoms with Crippen molar-refractivity contribution in [2.45, 2.75) is 20.8 Å². The van der Waals surface area contributed by atoms with Gasteiger partial charge in [0.1, 0.15) is 11.5 Å². The van der Waals surface area contributed by atoms with E-state index in [1.807, 2.05) is 68.4 Å². The highest BCUT2D eigenvalue weighted by Crippen LogP contribution is 2.25. The molecule has 4 heteroatoms. The lowest BCUT2D eigenvalue weighted by atomic mass is 10.0. The van der Waals surface area contributed by atoms with Crippen LogP contribution in [0.25, 0.3) is 11.3 Å². The first-order chi connectivity index (χ1) is 11.1. The highest BCUT2D eigenvalue weighted by atomic mass is 16.5. The molecule has 0 spiro atoms. The van der Waals surface area contributed by atoms with Gasteiger partial charge in [0.2, 0.25) is 0 Å². The van der Waals surface area contributed by atoms with Gasteiger partial charge in [0.05, 0.1) is 17.0 Å². The van der Waals surface area contributed by atoms with Crippen LogP contribution in [0.5, 0.6) is 0 Å². The molecule has 116 valence electrons. The number of hydrogen-bond donors (Lipinski definition) is 1. The second kappa shape index (κ2) is 6.48. The van der Waals surface area contributed by atoms with E-state index in [2.05, 4.69) is 22.6 Å². The average Bonchev–Trinajstić information content (AvgIpc) is 2.96. The van der Waals surface area contributed by atoms with E-state index in [0.29, 0.717) is 0 Å². The van der Waals surface area contributed by atoms with Crippen LogP contribution in [0.1, 0.15) is 23.8 Å². The van der Waals surface area contributed by atoms with Crippen molar-refractivity contribution in [2.75, 3.05) is 5.43 Å². The molecule has 3 rings (SSSR count). The fourth-order valence-electron chi connectivity index (χ4n) is 2.42. The van der Waals surface area contributed by atoms with Crippen LogP contribution >= 0.6 is 0 Å². The Morgan fingerprint density at radius 2 is 1.70 bits per heavy atom. The topological polar surface area (TPSA) is 50.4 Å². The summed E-state index contributed by atoms with van der Waals surface area (Å²) in [6, 6.07) is 18.1. The van der Waals surface area contributed by atoms with Gasteiger partial charge in [-0.05, 0) is 32.9 Å². The first kappa shape index (κ1) is 15.0. The van der Waals surface area contributed by atoms with Crippen LogP contribution in [0.3, 0.4) is 0 Å². The maximum atomic E-state index is 5.38. The van der Waals surface area contributed by atoms with E-state index in [-0.39, 0.29) is 0 Å². The molecule has 0 atom stereocenters. The second-order valence-electron chi connectivity index (χ2n) is 5.50. The van der Waals surface area contributed by atoms with Gasteiger partial charge in [-0.25, -0.2) is 0 Å². The predicted molar refractivity (Wildman–Crippen MR) is 93.7 cm³/mol. The van der Waals surface area contributed by atoms with Crippen LogP contribution in [-0.4, -0.2) is 10.9 Å². The number of benzene rings is 2. The van der Waals surface area contributed by atoms with E-state index in [1.165, 1.54) is 5.56 Å². The number of hydrogen-bond acceptors (Lipinski definition) is 4. The van der Waals surface area contributed by atoms with Crippen LogP contribution < -0.4 is 5.43 Å². The number of hydrazone groups is 1. The van der Waals surface area contributed by atoms with Gasteiger partial charge in [0.15, 0.2) is 0 Å². The number of anilines is 1. The van der Waals surface area contributed by atoms with Crippen LogP contribution in [0.15, 0.2) is 64.2 Å². The molecule has 4 nitrogen and oxygen atoms in total. The fourth-order valence-corrected chi connectivity index (χ4v) is 2.42. The highest BCUT2D eigenvalue weighted by molar-refractivity contribution is 6.04. The van der Waals surface area contributed by atoms with E-state index in [9.17, 15) is 0 Å². The van der Waals surface area contributed by atoms with E-state index in [4.69, 9.17) is 4.52 Å². The molecule has 0 saturated carbocycles. The molecule has 0 aliphatic carbocycles. The third kappa shape index (κ3) is 3.31. The molecule has 0 aliphatic heterocycles. The minimum Gasteiger partial charge on any atom is -0.360 e. The Balaban J connectivity index is 1.90. The van der Waals surface area contributed by atoms with Gasteiger partial charge < -0.3 is 4.52 Å². The molecule has 0 unspecified atom stereocenters. The third-order valence-corrected chi connectivity index (χ3v) is 3.68. The molecule has 0 fully saturated rings. The monoisotopic (exact) mass is 305 g/mol.